The van der Waals surface area contributed by atoms with Gasteiger partial charge in [0, 0.05) is 61.5 Å². The van der Waals surface area contributed by atoms with Crippen LogP contribution in [0.5, 0.6) is 5.75 Å². The molecule has 1 unspecified atom stereocenters. The molecule has 1 aliphatic heterocycles. The number of aromatic nitrogens is 5. The van der Waals surface area contributed by atoms with Crippen LogP contribution in [0, 0.1) is 0 Å². The van der Waals surface area contributed by atoms with Gasteiger partial charge in [0.25, 0.3) is 0 Å². The van der Waals surface area contributed by atoms with Crippen molar-refractivity contribution < 1.29 is 4.74 Å². The molecular formula is C51H33N5O. The van der Waals surface area contributed by atoms with Crippen molar-refractivity contribution in [1.29, 1.82) is 0 Å². The van der Waals surface area contributed by atoms with Crippen molar-refractivity contribution >= 4 is 54.9 Å². The standard InChI is InChI=1S/C51H33N5O/c1-4-15-32(16-5-1)49-52-50(33-17-6-2-7-18-33)54-51(53-49)34-27-28-40-45(31-34)57-44-26-14-25-43(46(40)44)56-42-24-13-11-22-37(42)39-30-29-38-36-21-10-12-23-41(36)55(47(38)48(39)56)35-19-8-3-9-20-35/h1-25,27-31,44H,26H2. The molecule has 10 aromatic rings. The summed E-state index contributed by atoms with van der Waals surface area (Å²) in [4.78, 5) is 14.9. The fourth-order valence-corrected chi connectivity index (χ4v) is 8.96. The molecule has 0 fully saturated rings. The second-order valence-corrected chi connectivity index (χ2v) is 14.7. The van der Waals surface area contributed by atoms with Crippen molar-refractivity contribution in [1.82, 2.24) is 24.1 Å². The van der Waals surface area contributed by atoms with Gasteiger partial charge < -0.3 is 13.9 Å². The van der Waals surface area contributed by atoms with Crippen LogP contribution in [0.3, 0.4) is 0 Å². The highest BCUT2D eigenvalue weighted by Gasteiger charge is 2.34. The van der Waals surface area contributed by atoms with Crippen LogP contribution in [0.25, 0.3) is 94.7 Å². The zero-order valence-electron chi connectivity index (χ0n) is 30.7. The van der Waals surface area contributed by atoms with E-state index in [-0.39, 0.29) is 6.10 Å². The molecule has 12 rings (SSSR count). The van der Waals surface area contributed by atoms with E-state index < -0.39 is 0 Å². The van der Waals surface area contributed by atoms with E-state index in [9.17, 15) is 0 Å². The first kappa shape index (κ1) is 31.7. The van der Waals surface area contributed by atoms with Crippen LogP contribution < -0.4 is 4.74 Å². The van der Waals surface area contributed by atoms with Gasteiger partial charge in [0.05, 0.1) is 27.8 Å². The van der Waals surface area contributed by atoms with E-state index in [1.165, 1.54) is 43.7 Å². The lowest BCUT2D eigenvalue weighted by molar-refractivity contribution is 0.279. The highest BCUT2D eigenvalue weighted by molar-refractivity contribution is 6.25. The van der Waals surface area contributed by atoms with Gasteiger partial charge in [0.1, 0.15) is 11.9 Å². The number of fused-ring (bicyclic) bond motifs is 10. The van der Waals surface area contributed by atoms with Gasteiger partial charge in [-0.15, -0.1) is 0 Å². The summed E-state index contributed by atoms with van der Waals surface area (Å²) >= 11 is 0. The minimum atomic E-state index is -0.135. The first-order valence-electron chi connectivity index (χ1n) is 19.4. The topological polar surface area (TPSA) is 57.8 Å². The lowest BCUT2D eigenvalue weighted by Gasteiger charge is -2.21. The Labute approximate surface area is 328 Å². The van der Waals surface area contributed by atoms with Crippen molar-refractivity contribution in [2.45, 2.75) is 12.5 Å². The SMILES string of the molecule is C1=CC(n2c3ccccc3c3ccc4c5ccccc5n(-c5ccccc5)c4c32)=C2c3ccc(-c4nc(-c5ccccc5)nc(-c5ccccc5)n4)cc3OC2C1. The number of allylic oxidation sites excluding steroid dienone is 2. The maximum atomic E-state index is 6.88. The van der Waals surface area contributed by atoms with Crippen LogP contribution in [0.15, 0.2) is 182 Å². The monoisotopic (exact) mass is 731 g/mol. The minimum absolute atomic E-state index is 0.135. The van der Waals surface area contributed by atoms with Crippen LogP contribution in [-0.4, -0.2) is 30.2 Å². The lowest BCUT2D eigenvalue weighted by Crippen LogP contribution is -2.16. The third-order valence-corrected chi connectivity index (χ3v) is 11.4. The molecule has 6 nitrogen and oxygen atoms in total. The summed E-state index contributed by atoms with van der Waals surface area (Å²) in [5.74, 6) is 2.71. The third kappa shape index (κ3) is 4.87. The Kier molecular flexibility index (Phi) is 6.95. The van der Waals surface area contributed by atoms with Gasteiger partial charge in [0.2, 0.25) is 0 Å². The van der Waals surface area contributed by atoms with Crippen LogP contribution in [-0.2, 0) is 0 Å². The van der Waals surface area contributed by atoms with E-state index in [2.05, 4.69) is 130 Å². The molecule has 6 heteroatoms. The maximum Gasteiger partial charge on any atom is 0.164 e. The fraction of sp³-hybridized carbons (Fsp3) is 0.0392. The Balaban J connectivity index is 1.09. The molecule has 0 saturated heterocycles. The highest BCUT2D eigenvalue weighted by atomic mass is 16.5. The highest BCUT2D eigenvalue weighted by Crippen LogP contribution is 2.49. The molecule has 57 heavy (non-hydrogen) atoms. The molecule has 0 bridgehead atoms. The Bertz CT molecular complexity index is 3230. The molecule has 0 N–H and O–H groups in total. The van der Waals surface area contributed by atoms with Crippen molar-refractivity contribution in [3.63, 3.8) is 0 Å². The number of ether oxygens (including phenoxy) is 1. The van der Waals surface area contributed by atoms with Gasteiger partial charge in [-0.25, -0.2) is 15.0 Å². The van der Waals surface area contributed by atoms with Crippen molar-refractivity contribution in [3.05, 3.63) is 188 Å². The first-order chi connectivity index (χ1) is 28.3. The average molecular weight is 732 g/mol. The van der Waals surface area contributed by atoms with Crippen molar-refractivity contribution in [2.24, 2.45) is 0 Å². The van der Waals surface area contributed by atoms with Crippen LogP contribution in [0.1, 0.15) is 12.0 Å². The van der Waals surface area contributed by atoms with Crippen LogP contribution in [0.4, 0.5) is 0 Å². The average Bonchev–Trinajstić information content (AvgIpc) is 3.95. The molecule has 0 amide bonds. The smallest absolute Gasteiger partial charge is 0.164 e. The lowest BCUT2D eigenvalue weighted by atomic mass is 9.93. The molecule has 268 valence electrons. The predicted octanol–water partition coefficient (Wildman–Crippen LogP) is 12.2. The normalized spacial score (nSPS) is 14.8. The fourth-order valence-electron chi connectivity index (χ4n) is 8.96. The van der Waals surface area contributed by atoms with E-state index in [0.717, 1.165) is 51.3 Å². The predicted molar refractivity (Wildman–Crippen MR) is 231 cm³/mol. The third-order valence-electron chi connectivity index (χ3n) is 11.4. The summed E-state index contributed by atoms with van der Waals surface area (Å²) < 4.78 is 11.8. The molecule has 0 spiro atoms. The second-order valence-electron chi connectivity index (χ2n) is 14.7. The zero-order valence-corrected chi connectivity index (χ0v) is 30.7. The molecular weight excluding hydrogens is 699 g/mol. The largest absolute Gasteiger partial charge is 0.485 e. The van der Waals surface area contributed by atoms with Crippen molar-refractivity contribution in [3.8, 4) is 45.6 Å². The Morgan fingerprint density at radius 3 is 1.63 bits per heavy atom. The van der Waals surface area contributed by atoms with Gasteiger partial charge in [0.15, 0.2) is 17.5 Å². The summed E-state index contributed by atoms with van der Waals surface area (Å²) in [6.07, 6.45) is 5.20. The summed E-state index contributed by atoms with van der Waals surface area (Å²) in [6, 6.07) is 59.5. The van der Waals surface area contributed by atoms with E-state index in [0.29, 0.717) is 17.5 Å². The number of rotatable bonds is 5. The molecule has 1 aliphatic carbocycles. The Morgan fingerprint density at radius 1 is 0.474 bits per heavy atom. The van der Waals surface area contributed by atoms with Crippen LogP contribution >= 0.6 is 0 Å². The molecule has 1 atom stereocenters. The van der Waals surface area contributed by atoms with Gasteiger partial charge >= 0.3 is 0 Å². The van der Waals surface area contributed by atoms with Crippen molar-refractivity contribution in [2.75, 3.05) is 0 Å². The van der Waals surface area contributed by atoms with E-state index in [1.807, 2.05) is 60.7 Å². The number of hydrogen-bond acceptors (Lipinski definition) is 4. The molecule has 0 saturated carbocycles. The maximum absolute atomic E-state index is 6.88. The van der Waals surface area contributed by atoms with Gasteiger partial charge in [-0.3, -0.25) is 0 Å². The minimum Gasteiger partial charge on any atom is -0.485 e. The zero-order chi connectivity index (χ0) is 37.5. The molecule has 3 aromatic heterocycles. The van der Waals surface area contributed by atoms with Crippen LogP contribution in [0.2, 0.25) is 0 Å². The second kappa shape index (κ2) is 12.5. The number of para-hydroxylation sites is 3. The summed E-state index contributed by atoms with van der Waals surface area (Å²) in [5, 5.41) is 4.89. The first-order valence-corrected chi connectivity index (χ1v) is 19.4. The summed E-state index contributed by atoms with van der Waals surface area (Å²) in [6.45, 7) is 0. The van der Waals surface area contributed by atoms with Gasteiger partial charge in [-0.1, -0.05) is 146 Å². The van der Waals surface area contributed by atoms with Gasteiger partial charge in [-0.2, -0.15) is 0 Å². The molecule has 2 aliphatic rings. The Hall–Kier alpha value is -7.57. The molecule has 0 radical (unpaired) electrons. The molecule has 7 aromatic carbocycles. The summed E-state index contributed by atoms with van der Waals surface area (Å²) in [5.41, 5.74) is 12.0. The summed E-state index contributed by atoms with van der Waals surface area (Å²) in [7, 11) is 0. The number of nitrogens with zero attached hydrogens (tertiary/aromatic N) is 5. The number of hydrogen-bond donors (Lipinski definition) is 0. The van der Waals surface area contributed by atoms with Gasteiger partial charge in [-0.05, 0) is 36.4 Å². The Morgan fingerprint density at radius 2 is 1.00 bits per heavy atom. The number of benzene rings is 7. The van der Waals surface area contributed by atoms with E-state index in [4.69, 9.17) is 19.7 Å². The molecule has 4 heterocycles. The van der Waals surface area contributed by atoms with E-state index >= 15 is 0 Å². The quantitative estimate of drug-likeness (QED) is 0.177. The van der Waals surface area contributed by atoms with E-state index in [1.54, 1.807) is 0 Å².